The molecular weight excluding hydrogens is 356 g/mol. The van der Waals surface area contributed by atoms with Crippen molar-refractivity contribution in [2.24, 2.45) is 0 Å². The first-order valence-corrected chi connectivity index (χ1v) is 8.11. The van der Waals surface area contributed by atoms with E-state index in [0.717, 1.165) is 15.6 Å². The van der Waals surface area contributed by atoms with E-state index >= 15 is 0 Å². The van der Waals surface area contributed by atoms with Crippen molar-refractivity contribution in [3.63, 3.8) is 0 Å². The van der Waals surface area contributed by atoms with Crippen LogP contribution >= 0.6 is 15.9 Å². The first-order valence-electron chi connectivity index (χ1n) is 7.31. The number of anilines is 1. The van der Waals surface area contributed by atoms with Crippen molar-refractivity contribution < 1.29 is 9.59 Å². The number of amides is 2. The lowest BCUT2D eigenvalue weighted by Gasteiger charge is -2.21. The molecule has 0 radical (unpaired) electrons. The smallest absolute Gasteiger partial charge is 0.240 e. The van der Waals surface area contributed by atoms with Crippen molar-refractivity contribution in [1.29, 1.82) is 0 Å². The first kappa shape index (κ1) is 17.2. The van der Waals surface area contributed by atoms with E-state index in [0.29, 0.717) is 12.2 Å². The van der Waals surface area contributed by atoms with Crippen LogP contribution in [0.1, 0.15) is 18.1 Å². The lowest BCUT2D eigenvalue weighted by atomic mass is 10.1. The van der Waals surface area contributed by atoms with E-state index in [1.807, 2.05) is 49.4 Å². The third kappa shape index (κ3) is 5.21. The van der Waals surface area contributed by atoms with Gasteiger partial charge in [0.05, 0.1) is 0 Å². The van der Waals surface area contributed by atoms with Gasteiger partial charge in [-0.3, -0.25) is 9.59 Å². The summed E-state index contributed by atoms with van der Waals surface area (Å²) >= 11 is 3.38. The van der Waals surface area contributed by atoms with Crippen LogP contribution < -0.4 is 10.2 Å². The van der Waals surface area contributed by atoms with Crippen LogP contribution in [0.2, 0.25) is 0 Å². The fourth-order valence-electron chi connectivity index (χ4n) is 2.25. The molecule has 23 heavy (non-hydrogen) atoms. The molecule has 2 rings (SSSR count). The summed E-state index contributed by atoms with van der Waals surface area (Å²) in [5, 5.41) is 2.85. The molecule has 0 fully saturated rings. The number of carbonyl (C=O) groups is 2. The number of carbonyl (C=O) groups excluding carboxylic acids is 2. The van der Waals surface area contributed by atoms with Crippen molar-refractivity contribution in [2.75, 3.05) is 11.4 Å². The fourth-order valence-corrected chi connectivity index (χ4v) is 2.64. The van der Waals surface area contributed by atoms with Crippen LogP contribution in [0.3, 0.4) is 0 Å². The summed E-state index contributed by atoms with van der Waals surface area (Å²) in [4.78, 5) is 25.5. The second kappa shape index (κ2) is 7.92. The minimum Gasteiger partial charge on any atom is -0.350 e. The zero-order chi connectivity index (χ0) is 16.8. The second-order valence-electron chi connectivity index (χ2n) is 5.35. The molecule has 0 saturated heterocycles. The minimum absolute atomic E-state index is 0.00238. The van der Waals surface area contributed by atoms with Crippen molar-refractivity contribution >= 4 is 33.4 Å². The normalized spacial score (nSPS) is 10.2. The van der Waals surface area contributed by atoms with Gasteiger partial charge in [-0.25, -0.2) is 0 Å². The highest BCUT2D eigenvalue weighted by atomic mass is 79.9. The van der Waals surface area contributed by atoms with E-state index in [4.69, 9.17) is 0 Å². The predicted octanol–water partition coefficient (Wildman–Crippen LogP) is 3.43. The van der Waals surface area contributed by atoms with Crippen LogP contribution in [-0.2, 0) is 16.1 Å². The monoisotopic (exact) mass is 374 g/mol. The molecular formula is C18H19BrN2O2. The molecule has 0 atom stereocenters. The van der Waals surface area contributed by atoms with Crippen LogP contribution in [0.5, 0.6) is 0 Å². The first-order chi connectivity index (χ1) is 11.0. The van der Waals surface area contributed by atoms with Gasteiger partial charge in [-0.2, -0.15) is 0 Å². The largest absolute Gasteiger partial charge is 0.350 e. The lowest BCUT2D eigenvalue weighted by molar-refractivity contribution is -0.123. The van der Waals surface area contributed by atoms with Gasteiger partial charge in [0.25, 0.3) is 0 Å². The molecule has 0 saturated carbocycles. The topological polar surface area (TPSA) is 49.4 Å². The zero-order valence-electron chi connectivity index (χ0n) is 13.2. The number of hydrogen-bond donors (Lipinski definition) is 1. The Labute approximate surface area is 144 Å². The third-order valence-corrected chi connectivity index (χ3v) is 3.87. The molecule has 0 spiro atoms. The molecule has 0 unspecified atom stereocenters. The number of rotatable bonds is 5. The van der Waals surface area contributed by atoms with Crippen LogP contribution in [0.25, 0.3) is 0 Å². The van der Waals surface area contributed by atoms with Gasteiger partial charge in [-0.15, -0.1) is 0 Å². The van der Waals surface area contributed by atoms with Gasteiger partial charge in [-0.05, 0) is 30.7 Å². The van der Waals surface area contributed by atoms with Gasteiger partial charge in [0.2, 0.25) is 11.8 Å². The summed E-state index contributed by atoms with van der Waals surface area (Å²) < 4.78 is 0.862. The van der Waals surface area contributed by atoms with Crippen molar-refractivity contribution in [1.82, 2.24) is 5.32 Å². The Balaban J connectivity index is 2.00. The van der Waals surface area contributed by atoms with E-state index < -0.39 is 0 Å². The quantitative estimate of drug-likeness (QED) is 0.871. The number of nitrogens with one attached hydrogen (secondary N) is 1. The molecule has 2 aromatic rings. The van der Waals surface area contributed by atoms with E-state index in [1.54, 1.807) is 6.07 Å². The highest BCUT2D eigenvalue weighted by Crippen LogP contribution is 2.20. The molecule has 0 heterocycles. The van der Waals surface area contributed by atoms with E-state index in [1.165, 1.54) is 11.8 Å². The van der Waals surface area contributed by atoms with Gasteiger partial charge < -0.3 is 10.2 Å². The summed E-state index contributed by atoms with van der Waals surface area (Å²) in [6, 6.07) is 15.3. The highest BCUT2D eigenvalue weighted by molar-refractivity contribution is 9.10. The number of hydrogen-bond acceptors (Lipinski definition) is 2. The standard InChI is InChI=1S/C18H19BrN2O2/c1-13-5-3-6-15(9-13)11-20-18(23)12-21(14(2)22)17-8-4-7-16(19)10-17/h3-10H,11-12H2,1-2H3,(H,20,23). The summed E-state index contributed by atoms with van der Waals surface area (Å²) in [5.41, 5.74) is 2.88. The molecule has 0 bridgehead atoms. The Morgan fingerprint density at radius 2 is 1.87 bits per heavy atom. The van der Waals surface area contributed by atoms with Gasteiger partial charge in [0.15, 0.2) is 0 Å². The lowest BCUT2D eigenvalue weighted by Crippen LogP contribution is -2.39. The second-order valence-corrected chi connectivity index (χ2v) is 6.27. The molecule has 5 heteroatoms. The van der Waals surface area contributed by atoms with E-state index in [2.05, 4.69) is 21.2 Å². The number of aryl methyl sites for hydroxylation is 1. The number of nitrogens with zero attached hydrogens (tertiary/aromatic N) is 1. The predicted molar refractivity (Wildman–Crippen MR) is 95.2 cm³/mol. The fraction of sp³-hybridized carbons (Fsp3) is 0.222. The summed E-state index contributed by atoms with van der Waals surface area (Å²) in [6.45, 7) is 3.91. The molecule has 120 valence electrons. The Morgan fingerprint density at radius 3 is 2.52 bits per heavy atom. The Bertz CT molecular complexity index is 716. The van der Waals surface area contributed by atoms with E-state index in [9.17, 15) is 9.59 Å². The number of benzene rings is 2. The number of halogens is 1. The zero-order valence-corrected chi connectivity index (χ0v) is 14.8. The Hall–Kier alpha value is -2.14. The average molecular weight is 375 g/mol. The SMILES string of the molecule is CC(=O)N(CC(=O)NCc1cccc(C)c1)c1cccc(Br)c1. The molecule has 2 aromatic carbocycles. The maximum absolute atomic E-state index is 12.2. The summed E-state index contributed by atoms with van der Waals surface area (Å²) in [6.07, 6.45) is 0. The molecule has 0 aliphatic carbocycles. The molecule has 1 N–H and O–H groups in total. The van der Waals surface area contributed by atoms with Gasteiger partial charge in [-0.1, -0.05) is 51.8 Å². The Morgan fingerprint density at radius 1 is 1.13 bits per heavy atom. The maximum atomic E-state index is 12.2. The highest BCUT2D eigenvalue weighted by Gasteiger charge is 2.15. The van der Waals surface area contributed by atoms with Crippen molar-refractivity contribution in [3.8, 4) is 0 Å². The summed E-state index contributed by atoms with van der Waals surface area (Å²) in [5.74, 6) is -0.365. The van der Waals surface area contributed by atoms with Crippen LogP contribution in [0.4, 0.5) is 5.69 Å². The molecule has 2 amide bonds. The molecule has 0 aliphatic rings. The molecule has 0 aliphatic heterocycles. The van der Waals surface area contributed by atoms with Crippen LogP contribution in [0.15, 0.2) is 53.0 Å². The summed E-state index contributed by atoms with van der Waals surface area (Å²) in [7, 11) is 0. The van der Waals surface area contributed by atoms with Gasteiger partial charge in [0.1, 0.15) is 6.54 Å². The van der Waals surface area contributed by atoms with Crippen LogP contribution in [-0.4, -0.2) is 18.4 Å². The van der Waals surface area contributed by atoms with Gasteiger partial charge >= 0.3 is 0 Å². The average Bonchev–Trinajstić information content (AvgIpc) is 2.50. The minimum atomic E-state index is -0.193. The van der Waals surface area contributed by atoms with Crippen molar-refractivity contribution in [2.45, 2.75) is 20.4 Å². The Kier molecular flexibility index (Phi) is 5.93. The van der Waals surface area contributed by atoms with E-state index in [-0.39, 0.29) is 18.4 Å². The maximum Gasteiger partial charge on any atom is 0.240 e. The third-order valence-electron chi connectivity index (χ3n) is 3.37. The van der Waals surface area contributed by atoms with Crippen LogP contribution in [0, 0.1) is 6.92 Å². The molecule has 4 nitrogen and oxygen atoms in total. The van der Waals surface area contributed by atoms with Gasteiger partial charge in [0, 0.05) is 23.6 Å². The molecule has 0 aromatic heterocycles. The van der Waals surface area contributed by atoms with Crippen molar-refractivity contribution in [3.05, 3.63) is 64.1 Å².